The van der Waals surface area contributed by atoms with Gasteiger partial charge in [0, 0.05) is 18.3 Å². The van der Waals surface area contributed by atoms with Crippen LogP contribution in [0.3, 0.4) is 0 Å². The molecule has 86 valence electrons. The number of aryl methyl sites for hydroxylation is 2. The number of hydrogen-bond donors (Lipinski definition) is 2. The summed E-state index contributed by atoms with van der Waals surface area (Å²) in [4.78, 5) is 0. The monoisotopic (exact) mass is 216 g/mol. The van der Waals surface area contributed by atoms with Gasteiger partial charge in [0.1, 0.15) is 0 Å². The molecule has 0 spiro atoms. The van der Waals surface area contributed by atoms with Crippen LogP contribution < -0.4 is 10.6 Å². The molecule has 1 aromatic carbocycles. The van der Waals surface area contributed by atoms with E-state index in [0.717, 1.165) is 6.54 Å². The maximum atomic E-state index is 3.55. The zero-order chi connectivity index (χ0) is 10.8. The lowest BCUT2D eigenvalue weighted by Crippen LogP contribution is -2.29. The van der Waals surface area contributed by atoms with Crippen LogP contribution in [-0.4, -0.2) is 19.1 Å². The van der Waals surface area contributed by atoms with E-state index >= 15 is 0 Å². The van der Waals surface area contributed by atoms with Gasteiger partial charge in [0.2, 0.25) is 0 Å². The van der Waals surface area contributed by atoms with Gasteiger partial charge in [-0.15, -0.1) is 0 Å². The zero-order valence-electron chi connectivity index (χ0n) is 9.76. The molecule has 1 aliphatic carbocycles. The average Bonchev–Trinajstić information content (AvgIpc) is 2.97. The Hall–Kier alpha value is -1.02. The minimum atomic E-state index is 0.674. The van der Waals surface area contributed by atoms with Crippen molar-refractivity contribution in [2.24, 2.45) is 0 Å². The summed E-state index contributed by atoms with van der Waals surface area (Å²) in [6.07, 6.45) is 6.53. The third-order valence-corrected chi connectivity index (χ3v) is 3.81. The number of fused-ring (bicyclic) bond motifs is 1. The quantitative estimate of drug-likeness (QED) is 0.810. The van der Waals surface area contributed by atoms with Crippen LogP contribution in [0.2, 0.25) is 0 Å². The largest absolute Gasteiger partial charge is 0.383 e. The Balaban J connectivity index is 1.61. The number of anilines is 1. The normalized spacial score (nSPS) is 23.4. The molecule has 2 N–H and O–H groups in total. The number of rotatable bonds is 3. The van der Waals surface area contributed by atoms with Crippen molar-refractivity contribution < 1.29 is 0 Å². The Bertz CT molecular complexity index is 367. The predicted octanol–water partition coefficient (Wildman–Crippen LogP) is 2.34. The molecule has 16 heavy (non-hydrogen) atoms. The summed E-state index contributed by atoms with van der Waals surface area (Å²) in [7, 11) is 0. The third kappa shape index (κ3) is 2.07. The highest BCUT2D eigenvalue weighted by atomic mass is 15.0. The van der Waals surface area contributed by atoms with Crippen molar-refractivity contribution in [3.8, 4) is 0 Å². The highest BCUT2D eigenvalue weighted by Gasteiger charge is 2.14. The van der Waals surface area contributed by atoms with Gasteiger partial charge in [-0.2, -0.15) is 0 Å². The highest BCUT2D eigenvalue weighted by molar-refractivity contribution is 5.50. The van der Waals surface area contributed by atoms with Crippen LogP contribution in [0.4, 0.5) is 5.69 Å². The van der Waals surface area contributed by atoms with Crippen molar-refractivity contribution in [3.63, 3.8) is 0 Å². The lowest BCUT2D eigenvalue weighted by molar-refractivity contribution is 0.633. The lowest BCUT2D eigenvalue weighted by atomic mass is 10.1. The van der Waals surface area contributed by atoms with Crippen molar-refractivity contribution in [2.75, 3.05) is 18.4 Å². The van der Waals surface area contributed by atoms with Gasteiger partial charge >= 0.3 is 0 Å². The zero-order valence-corrected chi connectivity index (χ0v) is 9.76. The van der Waals surface area contributed by atoms with Crippen molar-refractivity contribution in [3.05, 3.63) is 29.3 Å². The number of nitrogens with one attached hydrogen (secondary N) is 2. The second-order valence-corrected chi connectivity index (χ2v) is 5.01. The van der Waals surface area contributed by atoms with Gasteiger partial charge in [0.15, 0.2) is 0 Å². The maximum absolute atomic E-state index is 3.55. The molecule has 0 radical (unpaired) electrons. The number of benzene rings is 1. The molecule has 1 aliphatic heterocycles. The maximum Gasteiger partial charge on any atom is 0.0343 e. The van der Waals surface area contributed by atoms with Gasteiger partial charge in [-0.25, -0.2) is 0 Å². The fourth-order valence-corrected chi connectivity index (χ4v) is 2.85. The SMILES string of the molecule is c1cc2c(cc1NCC1CCCN1)CCC2. The minimum Gasteiger partial charge on any atom is -0.383 e. The van der Waals surface area contributed by atoms with E-state index in [1.54, 1.807) is 11.1 Å². The van der Waals surface area contributed by atoms with Gasteiger partial charge in [-0.1, -0.05) is 6.07 Å². The first kappa shape index (κ1) is 10.2. The van der Waals surface area contributed by atoms with Gasteiger partial charge in [0.05, 0.1) is 0 Å². The van der Waals surface area contributed by atoms with Gasteiger partial charge in [-0.3, -0.25) is 0 Å². The summed E-state index contributed by atoms with van der Waals surface area (Å²) < 4.78 is 0. The summed E-state index contributed by atoms with van der Waals surface area (Å²) in [5, 5.41) is 7.07. The molecule has 0 bridgehead atoms. The van der Waals surface area contributed by atoms with E-state index in [-0.39, 0.29) is 0 Å². The summed E-state index contributed by atoms with van der Waals surface area (Å²) >= 11 is 0. The van der Waals surface area contributed by atoms with E-state index in [4.69, 9.17) is 0 Å². The van der Waals surface area contributed by atoms with E-state index < -0.39 is 0 Å². The summed E-state index contributed by atoms with van der Waals surface area (Å²) in [5.41, 5.74) is 4.42. The van der Waals surface area contributed by atoms with Gasteiger partial charge < -0.3 is 10.6 Å². The molecule has 1 unspecified atom stereocenters. The lowest BCUT2D eigenvalue weighted by Gasteiger charge is -2.13. The molecule has 2 heteroatoms. The third-order valence-electron chi connectivity index (χ3n) is 3.81. The smallest absolute Gasteiger partial charge is 0.0343 e. The molecule has 1 aromatic rings. The fourth-order valence-electron chi connectivity index (χ4n) is 2.85. The van der Waals surface area contributed by atoms with E-state index in [1.165, 1.54) is 44.3 Å². The molecular formula is C14H20N2. The van der Waals surface area contributed by atoms with Crippen molar-refractivity contribution >= 4 is 5.69 Å². The Morgan fingerprint density at radius 3 is 3.00 bits per heavy atom. The molecule has 2 aliphatic rings. The summed E-state index contributed by atoms with van der Waals surface area (Å²) in [6.45, 7) is 2.26. The molecular weight excluding hydrogens is 196 g/mol. The topological polar surface area (TPSA) is 24.1 Å². The molecule has 1 fully saturated rings. The first-order valence-electron chi connectivity index (χ1n) is 6.51. The summed E-state index contributed by atoms with van der Waals surface area (Å²) in [5.74, 6) is 0. The Kier molecular flexibility index (Phi) is 2.83. The van der Waals surface area contributed by atoms with Crippen LogP contribution in [0.5, 0.6) is 0 Å². The van der Waals surface area contributed by atoms with E-state index in [0.29, 0.717) is 6.04 Å². The van der Waals surface area contributed by atoms with Gasteiger partial charge in [0.25, 0.3) is 0 Å². The van der Waals surface area contributed by atoms with Gasteiger partial charge in [-0.05, 0) is 61.9 Å². The first-order valence-corrected chi connectivity index (χ1v) is 6.51. The van der Waals surface area contributed by atoms with Crippen molar-refractivity contribution in [1.82, 2.24) is 5.32 Å². The minimum absolute atomic E-state index is 0.674. The molecule has 0 amide bonds. The van der Waals surface area contributed by atoms with Crippen molar-refractivity contribution in [2.45, 2.75) is 38.1 Å². The Morgan fingerprint density at radius 2 is 2.12 bits per heavy atom. The van der Waals surface area contributed by atoms with Crippen LogP contribution in [-0.2, 0) is 12.8 Å². The molecule has 1 saturated heterocycles. The Morgan fingerprint density at radius 1 is 1.19 bits per heavy atom. The number of hydrogen-bond acceptors (Lipinski definition) is 2. The van der Waals surface area contributed by atoms with Crippen molar-refractivity contribution in [1.29, 1.82) is 0 Å². The second-order valence-electron chi connectivity index (χ2n) is 5.01. The summed E-state index contributed by atoms with van der Waals surface area (Å²) in [6, 6.07) is 7.55. The molecule has 0 aromatic heterocycles. The van der Waals surface area contributed by atoms with Crippen LogP contribution in [0, 0.1) is 0 Å². The highest BCUT2D eigenvalue weighted by Crippen LogP contribution is 2.24. The molecule has 3 rings (SSSR count). The van der Waals surface area contributed by atoms with Crippen LogP contribution in [0.25, 0.3) is 0 Å². The van der Waals surface area contributed by atoms with Crippen LogP contribution in [0.15, 0.2) is 18.2 Å². The molecule has 1 heterocycles. The molecule has 0 saturated carbocycles. The van der Waals surface area contributed by atoms with E-state index in [1.807, 2.05) is 0 Å². The standard InChI is InChI=1S/C14H20N2/c1-3-11-6-7-13(9-12(11)4-1)16-10-14-5-2-8-15-14/h6-7,9,14-16H,1-5,8,10H2. The Labute approximate surface area is 97.4 Å². The molecule has 2 nitrogen and oxygen atoms in total. The second kappa shape index (κ2) is 4.46. The van der Waals surface area contributed by atoms with E-state index in [2.05, 4.69) is 28.8 Å². The van der Waals surface area contributed by atoms with Crippen LogP contribution in [0.1, 0.15) is 30.4 Å². The van der Waals surface area contributed by atoms with E-state index in [9.17, 15) is 0 Å². The van der Waals surface area contributed by atoms with Crippen LogP contribution >= 0.6 is 0 Å². The first-order chi connectivity index (χ1) is 7.92. The predicted molar refractivity (Wildman–Crippen MR) is 68.0 cm³/mol. The molecule has 1 atom stereocenters. The average molecular weight is 216 g/mol. The fraction of sp³-hybridized carbons (Fsp3) is 0.571.